The monoisotopic (exact) mass is 721 g/mol. The number of aromatic nitrogens is 2. The Morgan fingerprint density at radius 2 is 1.57 bits per heavy atom. The smallest absolute Gasteiger partial charge is 0.265 e. The van der Waals surface area contributed by atoms with Crippen LogP contribution in [0, 0.1) is 5.92 Å². The van der Waals surface area contributed by atoms with Crippen LogP contribution in [-0.2, 0) is 29.4 Å². The highest BCUT2D eigenvalue weighted by Gasteiger charge is 2.28. The number of rotatable bonds is 9. The predicted molar refractivity (Wildman–Crippen MR) is 206 cm³/mol. The number of hydrogen-bond acceptors (Lipinski definition) is 7. The highest BCUT2D eigenvalue weighted by atomic mass is 32.2. The minimum absolute atomic E-state index is 0.0258. The van der Waals surface area contributed by atoms with E-state index in [4.69, 9.17) is 4.98 Å². The largest absolute Gasteiger partial charge is 0.341 e. The summed E-state index contributed by atoms with van der Waals surface area (Å²) in [5.41, 5.74) is 5.04. The minimum atomic E-state index is -4.21. The number of nitrogens with zero attached hydrogens (tertiary/aromatic N) is 4. The van der Waals surface area contributed by atoms with Gasteiger partial charge in [-0.3, -0.25) is 9.59 Å². The van der Waals surface area contributed by atoms with Crippen LogP contribution in [0.3, 0.4) is 0 Å². The molecule has 1 N–H and O–H groups in total. The van der Waals surface area contributed by atoms with E-state index >= 15 is 0 Å². The van der Waals surface area contributed by atoms with E-state index in [2.05, 4.69) is 44.9 Å². The Labute approximate surface area is 309 Å². The molecule has 1 aromatic heterocycles. The molecule has 1 atom stereocenters. The lowest BCUT2D eigenvalue weighted by Gasteiger charge is -2.29. The van der Waals surface area contributed by atoms with Crippen molar-refractivity contribution < 1.29 is 18.0 Å². The number of aryl methyl sites for hydroxylation is 1. The Hall–Kier alpha value is -5.87. The summed E-state index contributed by atoms with van der Waals surface area (Å²) in [6.07, 6.45) is 5.57. The van der Waals surface area contributed by atoms with Crippen molar-refractivity contribution in [3.63, 3.8) is 0 Å². The summed E-state index contributed by atoms with van der Waals surface area (Å²) in [4.78, 5) is 41.5. The van der Waals surface area contributed by atoms with Crippen molar-refractivity contribution >= 4 is 38.6 Å². The summed E-state index contributed by atoms with van der Waals surface area (Å²) in [6.45, 7) is 2.62. The number of nitrogens with one attached hydrogen (secondary N) is 1. The standard InChI is InChI=1S/C43H39N5O4S/c49-41(46-53(51,52)37-18-16-32-10-4-6-12-34(32)26-37)35-17-19-38(39(27-35)42(50)47-25-22-33-11-5-7-13-36(33)29-47)40-20-23-44-43(45-40)48-24-21-31(28-48)15-14-30-8-2-1-3-9-30/h1-13,16-20,23,26-27,31H,14-15,21-22,24-25,28-29H2,(H,46,49). The van der Waals surface area contributed by atoms with Crippen LogP contribution in [-0.4, -0.2) is 54.7 Å². The van der Waals surface area contributed by atoms with Crippen molar-refractivity contribution in [2.45, 2.75) is 37.1 Å². The van der Waals surface area contributed by atoms with Crippen LogP contribution >= 0.6 is 0 Å². The molecule has 1 unspecified atom stereocenters. The molecule has 0 radical (unpaired) electrons. The first kappa shape index (κ1) is 34.2. The topological polar surface area (TPSA) is 113 Å². The van der Waals surface area contributed by atoms with Crippen molar-refractivity contribution in [1.29, 1.82) is 0 Å². The van der Waals surface area contributed by atoms with Crippen molar-refractivity contribution in [3.05, 3.63) is 155 Å². The van der Waals surface area contributed by atoms with Gasteiger partial charge in [-0.25, -0.2) is 23.1 Å². The van der Waals surface area contributed by atoms with Crippen molar-refractivity contribution in [1.82, 2.24) is 19.6 Å². The fourth-order valence-corrected chi connectivity index (χ4v) is 8.42. The summed E-state index contributed by atoms with van der Waals surface area (Å²) in [5.74, 6) is 0.0251. The van der Waals surface area contributed by atoms with E-state index in [-0.39, 0.29) is 21.9 Å². The van der Waals surface area contributed by atoms with Crippen LogP contribution in [0.5, 0.6) is 0 Å². The van der Waals surface area contributed by atoms with Gasteiger partial charge in [0.2, 0.25) is 5.95 Å². The highest BCUT2D eigenvalue weighted by Crippen LogP contribution is 2.30. The molecular formula is C43H39N5O4S. The Morgan fingerprint density at radius 1 is 0.792 bits per heavy atom. The molecule has 266 valence electrons. The zero-order valence-electron chi connectivity index (χ0n) is 29.2. The molecule has 2 aliphatic rings. The summed E-state index contributed by atoms with van der Waals surface area (Å²) in [5, 5.41) is 1.63. The second kappa shape index (κ2) is 14.6. The van der Waals surface area contributed by atoms with Gasteiger partial charge in [-0.2, -0.15) is 0 Å². The average molecular weight is 722 g/mol. The zero-order valence-corrected chi connectivity index (χ0v) is 30.0. The number of benzene rings is 5. The fraction of sp³-hybridized carbons (Fsp3) is 0.209. The van der Waals surface area contributed by atoms with E-state index in [9.17, 15) is 18.0 Å². The Kier molecular flexibility index (Phi) is 9.45. The van der Waals surface area contributed by atoms with Gasteiger partial charge in [0.1, 0.15) is 0 Å². The molecule has 2 aliphatic heterocycles. The molecule has 0 bridgehead atoms. The number of anilines is 1. The number of carbonyl (C=O) groups excluding carboxylic acids is 2. The van der Waals surface area contributed by atoms with E-state index in [1.54, 1.807) is 35.4 Å². The van der Waals surface area contributed by atoms with Crippen molar-refractivity contribution in [2.75, 3.05) is 24.5 Å². The molecule has 53 heavy (non-hydrogen) atoms. The summed E-state index contributed by atoms with van der Waals surface area (Å²) in [6, 6.07) is 37.2. The number of hydrogen-bond donors (Lipinski definition) is 1. The lowest BCUT2D eigenvalue weighted by Crippen LogP contribution is -2.36. The molecule has 0 spiro atoms. The summed E-state index contributed by atoms with van der Waals surface area (Å²) < 4.78 is 29.0. The fourth-order valence-electron chi connectivity index (χ4n) is 7.42. The molecule has 0 saturated carbocycles. The maximum atomic E-state index is 14.4. The predicted octanol–water partition coefficient (Wildman–Crippen LogP) is 7.07. The molecule has 9 nitrogen and oxygen atoms in total. The van der Waals surface area contributed by atoms with Crippen molar-refractivity contribution in [3.8, 4) is 11.3 Å². The van der Waals surface area contributed by atoms with E-state index < -0.39 is 15.9 Å². The maximum absolute atomic E-state index is 14.4. The van der Waals surface area contributed by atoms with Gasteiger partial charge in [-0.05, 0) is 89.4 Å². The van der Waals surface area contributed by atoms with E-state index in [0.717, 1.165) is 48.7 Å². The molecule has 8 rings (SSSR count). The van der Waals surface area contributed by atoms with Gasteiger partial charge >= 0.3 is 0 Å². The number of amides is 2. The van der Waals surface area contributed by atoms with Crippen LogP contribution in [0.15, 0.2) is 132 Å². The Morgan fingerprint density at radius 3 is 2.42 bits per heavy atom. The summed E-state index contributed by atoms with van der Waals surface area (Å²) >= 11 is 0. The third-order valence-corrected chi connectivity index (χ3v) is 11.7. The van der Waals surface area contributed by atoms with Gasteiger partial charge in [0.05, 0.1) is 10.6 Å². The first-order valence-corrected chi connectivity index (χ1v) is 19.5. The van der Waals surface area contributed by atoms with Crippen LogP contribution in [0.25, 0.3) is 22.0 Å². The lowest BCUT2D eigenvalue weighted by molar-refractivity contribution is 0.0735. The second-order valence-electron chi connectivity index (χ2n) is 13.8. The van der Waals surface area contributed by atoms with Crippen LogP contribution < -0.4 is 9.62 Å². The van der Waals surface area contributed by atoms with Crippen LogP contribution in [0.2, 0.25) is 0 Å². The number of carbonyl (C=O) groups is 2. The van der Waals surface area contributed by atoms with Gasteiger partial charge in [0.25, 0.3) is 21.8 Å². The summed E-state index contributed by atoms with van der Waals surface area (Å²) in [7, 11) is -4.21. The molecule has 2 amide bonds. The van der Waals surface area contributed by atoms with Gasteiger partial charge in [0, 0.05) is 49.1 Å². The molecule has 1 fully saturated rings. The number of fused-ring (bicyclic) bond motifs is 2. The van der Waals surface area contributed by atoms with Crippen molar-refractivity contribution in [2.24, 2.45) is 5.92 Å². The van der Waals surface area contributed by atoms with E-state index in [0.29, 0.717) is 42.6 Å². The van der Waals surface area contributed by atoms with E-state index in [1.807, 2.05) is 48.5 Å². The molecule has 1 saturated heterocycles. The molecule has 10 heteroatoms. The molecular weight excluding hydrogens is 683 g/mol. The molecule has 0 aliphatic carbocycles. The Bertz CT molecular complexity index is 2440. The molecule has 5 aromatic carbocycles. The molecule has 6 aromatic rings. The minimum Gasteiger partial charge on any atom is -0.341 e. The van der Waals surface area contributed by atoms with Crippen LogP contribution in [0.4, 0.5) is 5.95 Å². The number of sulfonamides is 1. The molecule has 3 heterocycles. The van der Waals surface area contributed by atoms with Gasteiger partial charge in [-0.1, -0.05) is 91.0 Å². The Balaban J connectivity index is 1.08. The SMILES string of the molecule is O=C(NS(=O)(=O)c1ccc2ccccc2c1)c1ccc(-c2ccnc(N3CCC(CCc4ccccc4)C3)n2)c(C(=O)N2CCc3ccccc3C2)c1. The third kappa shape index (κ3) is 7.41. The van der Waals surface area contributed by atoms with Gasteiger partial charge in [0.15, 0.2) is 0 Å². The van der Waals surface area contributed by atoms with Gasteiger partial charge < -0.3 is 9.80 Å². The zero-order chi connectivity index (χ0) is 36.4. The quantitative estimate of drug-likeness (QED) is 0.170. The maximum Gasteiger partial charge on any atom is 0.265 e. The van der Waals surface area contributed by atoms with Gasteiger partial charge in [-0.15, -0.1) is 0 Å². The lowest BCUT2D eigenvalue weighted by atomic mass is 9.96. The average Bonchev–Trinajstić information content (AvgIpc) is 3.69. The van der Waals surface area contributed by atoms with Crippen LogP contribution in [0.1, 0.15) is 50.2 Å². The first-order valence-electron chi connectivity index (χ1n) is 18.0. The van der Waals surface area contributed by atoms with E-state index in [1.165, 1.54) is 29.3 Å². The third-order valence-electron chi connectivity index (χ3n) is 10.4. The second-order valence-corrected chi connectivity index (χ2v) is 15.5. The highest BCUT2D eigenvalue weighted by molar-refractivity contribution is 7.90. The first-order chi connectivity index (χ1) is 25.8. The normalized spacial score (nSPS) is 15.7.